The van der Waals surface area contributed by atoms with Crippen molar-refractivity contribution >= 4 is 21.9 Å². The van der Waals surface area contributed by atoms with Gasteiger partial charge in [0, 0.05) is 17.1 Å². The summed E-state index contributed by atoms with van der Waals surface area (Å²) in [7, 11) is 0. The summed E-state index contributed by atoms with van der Waals surface area (Å²) in [4.78, 5) is 11.0. The van der Waals surface area contributed by atoms with Crippen molar-refractivity contribution in [1.82, 2.24) is 5.32 Å². The molecule has 2 unspecified atom stereocenters. The highest BCUT2D eigenvalue weighted by atomic mass is 79.9. The Kier molecular flexibility index (Phi) is 2.91. The van der Waals surface area contributed by atoms with Crippen molar-refractivity contribution < 1.29 is 19.4 Å². The standard InChI is InChI=1S/C12H12BrNO4/c13-8-3-11-10(17-5-18-11)2-7(8)9-1-6(4-14-9)12(15)16/h2-3,6,9,14H,1,4-5H2,(H,15,16). The summed E-state index contributed by atoms with van der Waals surface area (Å²) in [5, 5.41) is 12.2. The van der Waals surface area contributed by atoms with Crippen LogP contribution in [0.5, 0.6) is 11.5 Å². The molecule has 18 heavy (non-hydrogen) atoms. The Morgan fingerprint density at radius 2 is 2.11 bits per heavy atom. The number of carboxylic acid groups (broad SMARTS) is 1. The first-order chi connectivity index (χ1) is 8.65. The number of aliphatic carboxylic acids is 1. The maximum Gasteiger partial charge on any atom is 0.307 e. The van der Waals surface area contributed by atoms with Crippen LogP contribution < -0.4 is 14.8 Å². The van der Waals surface area contributed by atoms with E-state index in [-0.39, 0.29) is 18.8 Å². The minimum Gasteiger partial charge on any atom is -0.481 e. The highest BCUT2D eigenvalue weighted by Crippen LogP contribution is 2.41. The van der Waals surface area contributed by atoms with E-state index in [1.807, 2.05) is 12.1 Å². The van der Waals surface area contributed by atoms with Crippen molar-refractivity contribution in [2.75, 3.05) is 13.3 Å². The van der Waals surface area contributed by atoms with Crippen LogP contribution >= 0.6 is 15.9 Å². The van der Waals surface area contributed by atoms with E-state index < -0.39 is 5.97 Å². The maximum absolute atomic E-state index is 11.0. The van der Waals surface area contributed by atoms with Crippen molar-refractivity contribution in [1.29, 1.82) is 0 Å². The molecule has 3 rings (SSSR count). The van der Waals surface area contributed by atoms with Gasteiger partial charge in [-0.1, -0.05) is 15.9 Å². The largest absolute Gasteiger partial charge is 0.481 e. The van der Waals surface area contributed by atoms with E-state index in [9.17, 15) is 4.79 Å². The van der Waals surface area contributed by atoms with E-state index in [1.165, 1.54) is 0 Å². The molecule has 1 aromatic carbocycles. The molecule has 2 aliphatic rings. The topological polar surface area (TPSA) is 67.8 Å². The zero-order valence-corrected chi connectivity index (χ0v) is 11.1. The first-order valence-electron chi connectivity index (χ1n) is 5.70. The van der Waals surface area contributed by atoms with Crippen LogP contribution in [0.15, 0.2) is 16.6 Å². The zero-order chi connectivity index (χ0) is 12.7. The second kappa shape index (κ2) is 4.44. The van der Waals surface area contributed by atoms with Crippen LogP contribution in [0.2, 0.25) is 0 Å². The molecular formula is C12H12BrNO4. The Bertz CT molecular complexity index is 505. The van der Waals surface area contributed by atoms with Crippen LogP contribution in [0, 0.1) is 5.92 Å². The second-order valence-corrected chi connectivity index (χ2v) is 5.31. The SMILES string of the molecule is O=C(O)C1CNC(c2cc3c(cc2Br)OCO3)C1. The number of hydrogen-bond acceptors (Lipinski definition) is 4. The van der Waals surface area contributed by atoms with Gasteiger partial charge in [-0.2, -0.15) is 0 Å². The molecule has 1 aromatic rings. The second-order valence-electron chi connectivity index (χ2n) is 4.46. The van der Waals surface area contributed by atoms with Gasteiger partial charge >= 0.3 is 5.97 Å². The van der Waals surface area contributed by atoms with Gasteiger partial charge in [0.2, 0.25) is 6.79 Å². The highest BCUT2D eigenvalue weighted by molar-refractivity contribution is 9.10. The molecule has 0 amide bonds. The molecule has 96 valence electrons. The summed E-state index contributed by atoms with van der Waals surface area (Å²) < 4.78 is 11.5. The lowest BCUT2D eigenvalue weighted by molar-refractivity contribution is -0.141. The minimum absolute atomic E-state index is 0.0370. The van der Waals surface area contributed by atoms with E-state index in [4.69, 9.17) is 14.6 Å². The van der Waals surface area contributed by atoms with Crippen LogP contribution in [0.4, 0.5) is 0 Å². The third kappa shape index (κ3) is 1.95. The van der Waals surface area contributed by atoms with Gasteiger partial charge < -0.3 is 19.9 Å². The van der Waals surface area contributed by atoms with Gasteiger partial charge in [0.15, 0.2) is 11.5 Å². The first-order valence-corrected chi connectivity index (χ1v) is 6.49. The van der Waals surface area contributed by atoms with Gasteiger partial charge in [0.25, 0.3) is 0 Å². The molecule has 1 saturated heterocycles. The molecular weight excluding hydrogens is 302 g/mol. The predicted octanol–water partition coefficient (Wildman–Crippen LogP) is 1.91. The summed E-state index contributed by atoms with van der Waals surface area (Å²) in [5.41, 5.74) is 1.02. The summed E-state index contributed by atoms with van der Waals surface area (Å²) in [6.45, 7) is 0.738. The van der Waals surface area contributed by atoms with Crippen molar-refractivity contribution in [3.8, 4) is 11.5 Å². The van der Waals surface area contributed by atoms with Gasteiger partial charge in [0.05, 0.1) is 5.92 Å². The molecule has 0 bridgehead atoms. The van der Waals surface area contributed by atoms with Crippen LogP contribution in [-0.4, -0.2) is 24.4 Å². The molecule has 0 aromatic heterocycles. The molecule has 5 nitrogen and oxygen atoms in total. The van der Waals surface area contributed by atoms with E-state index in [0.717, 1.165) is 15.8 Å². The Morgan fingerprint density at radius 3 is 2.78 bits per heavy atom. The molecule has 6 heteroatoms. The Balaban J connectivity index is 1.87. The van der Waals surface area contributed by atoms with Gasteiger partial charge in [0.1, 0.15) is 0 Å². The van der Waals surface area contributed by atoms with Crippen LogP contribution in [-0.2, 0) is 4.79 Å². The lowest BCUT2D eigenvalue weighted by atomic mass is 10.00. The lowest BCUT2D eigenvalue weighted by Gasteiger charge is -2.13. The Labute approximate surface area is 112 Å². The number of ether oxygens (including phenoxy) is 2. The van der Waals surface area contributed by atoms with Gasteiger partial charge in [-0.25, -0.2) is 0 Å². The van der Waals surface area contributed by atoms with Crippen molar-refractivity contribution in [3.63, 3.8) is 0 Å². The van der Waals surface area contributed by atoms with Crippen LogP contribution in [0.25, 0.3) is 0 Å². The zero-order valence-electron chi connectivity index (χ0n) is 9.48. The first kappa shape index (κ1) is 11.8. The van der Waals surface area contributed by atoms with E-state index in [1.54, 1.807) is 0 Å². The average Bonchev–Trinajstić information content (AvgIpc) is 2.94. The number of benzene rings is 1. The normalized spacial score (nSPS) is 25.4. The van der Waals surface area contributed by atoms with Crippen molar-refractivity contribution in [3.05, 3.63) is 22.2 Å². The number of fused-ring (bicyclic) bond motifs is 1. The molecule has 1 fully saturated rings. The fraction of sp³-hybridized carbons (Fsp3) is 0.417. The monoisotopic (exact) mass is 313 g/mol. The van der Waals surface area contributed by atoms with E-state index in [2.05, 4.69) is 21.2 Å². The smallest absolute Gasteiger partial charge is 0.307 e. The number of carbonyl (C=O) groups is 1. The van der Waals surface area contributed by atoms with E-state index in [0.29, 0.717) is 18.7 Å². The fourth-order valence-corrected chi connectivity index (χ4v) is 2.96. The minimum atomic E-state index is -0.748. The van der Waals surface area contributed by atoms with Crippen molar-refractivity contribution in [2.45, 2.75) is 12.5 Å². The molecule has 2 aliphatic heterocycles. The number of halogens is 1. The third-order valence-corrected chi connectivity index (χ3v) is 4.03. The molecule has 2 atom stereocenters. The quantitative estimate of drug-likeness (QED) is 0.873. The summed E-state index contributed by atoms with van der Waals surface area (Å²) >= 11 is 3.49. The predicted molar refractivity (Wildman–Crippen MR) is 66.8 cm³/mol. The highest BCUT2D eigenvalue weighted by Gasteiger charge is 2.32. The summed E-state index contributed by atoms with van der Waals surface area (Å²) in [5.74, 6) is 0.362. The fourth-order valence-electron chi connectivity index (χ4n) is 2.36. The molecule has 2 N–H and O–H groups in total. The summed E-state index contributed by atoms with van der Waals surface area (Å²) in [6, 6.07) is 3.82. The average molecular weight is 314 g/mol. The van der Waals surface area contributed by atoms with Gasteiger partial charge in [-0.3, -0.25) is 4.79 Å². The third-order valence-electron chi connectivity index (χ3n) is 3.35. The molecule has 0 radical (unpaired) electrons. The molecule has 0 spiro atoms. The maximum atomic E-state index is 11.0. The summed E-state index contributed by atoms with van der Waals surface area (Å²) in [6.07, 6.45) is 0.591. The number of rotatable bonds is 2. The number of nitrogens with one attached hydrogen (secondary N) is 1. The number of carboxylic acids is 1. The number of hydrogen-bond donors (Lipinski definition) is 2. The molecule has 2 heterocycles. The van der Waals surface area contributed by atoms with Gasteiger partial charge in [-0.15, -0.1) is 0 Å². The van der Waals surface area contributed by atoms with E-state index >= 15 is 0 Å². The Hall–Kier alpha value is -1.27. The van der Waals surface area contributed by atoms with Crippen LogP contribution in [0.3, 0.4) is 0 Å². The lowest BCUT2D eigenvalue weighted by Crippen LogP contribution is -2.17. The Morgan fingerprint density at radius 1 is 1.39 bits per heavy atom. The molecule has 0 aliphatic carbocycles. The molecule has 0 saturated carbocycles. The van der Waals surface area contributed by atoms with Gasteiger partial charge in [-0.05, 0) is 24.1 Å². The van der Waals surface area contributed by atoms with Crippen molar-refractivity contribution in [2.24, 2.45) is 5.92 Å². The van der Waals surface area contributed by atoms with Crippen LogP contribution in [0.1, 0.15) is 18.0 Å².